The van der Waals surface area contributed by atoms with E-state index < -0.39 is 18.0 Å². The highest BCUT2D eigenvalue weighted by molar-refractivity contribution is 6.22. The van der Waals surface area contributed by atoms with E-state index in [2.05, 4.69) is 22.3 Å². The minimum atomic E-state index is -0.843. The zero-order valence-electron chi connectivity index (χ0n) is 17.5. The second-order valence-electron chi connectivity index (χ2n) is 7.72. The molecule has 2 saturated heterocycles. The summed E-state index contributed by atoms with van der Waals surface area (Å²) in [6, 6.07) is 15.5. The summed E-state index contributed by atoms with van der Waals surface area (Å²) < 4.78 is 5.11. The molecule has 2 heterocycles. The number of methoxy groups -OCH3 is 1. The van der Waals surface area contributed by atoms with Gasteiger partial charge in [-0.25, -0.2) is 9.69 Å². The Bertz CT molecular complexity index is 940. The lowest BCUT2D eigenvalue weighted by molar-refractivity contribution is -0.135. The maximum Gasteiger partial charge on any atom is 0.329 e. The molecule has 162 valence electrons. The first-order valence-electron chi connectivity index (χ1n) is 10.4. The van der Waals surface area contributed by atoms with Crippen molar-refractivity contribution in [2.75, 3.05) is 38.2 Å². The zero-order valence-corrected chi connectivity index (χ0v) is 17.5. The van der Waals surface area contributed by atoms with Crippen molar-refractivity contribution in [3.05, 3.63) is 60.2 Å². The van der Waals surface area contributed by atoms with Gasteiger partial charge in [0.1, 0.15) is 11.8 Å². The van der Waals surface area contributed by atoms with E-state index >= 15 is 0 Å². The van der Waals surface area contributed by atoms with E-state index in [4.69, 9.17) is 4.74 Å². The highest BCUT2D eigenvalue weighted by atomic mass is 16.5. The second kappa shape index (κ2) is 9.18. The van der Waals surface area contributed by atoms with Crippen molar-refractivity contribution >= 4 is 23.5 Å². The number of urea groups is 1. The molecule has 1 unspecified atom stereocenters. The lowest BCUT2D eigenvalue weighted by Crippen LogP contribution is -2.49. The summed E-state index contributed by atoms with van der Waals surface area (Å²) in [6.07, 6.45) is -0.0318. The topological polar surface area (TPSA) is 82.2 Å². The van der Waals surface area contributed by atoms with Crippen molar-refractivity contribution < 1.29 is 19.1 Å². The molecule has 31 heavy (non-hydrogen) atoms. The van der Waals surface area contributed by atoms with Gasteiger partial charge in [0.05, 0.1) is 19.2 Å². The average Bonchev–Trinajstić information content (AvgIpc) is 3.07. The lowest BCUT2D eigenvalue weighted by Gasteiger charge is -2.35. The minimum Gasteiger partial charge on any atom is -0.497 e. The van der Waals surface area contributed by atoms with E-state index in [1.807, 2.05) is 18.2 Å². The van der Waals surface area contributed by atoms with Gasteiger partial charge >= 0.3 is 6.03 Å². The molecule has 0 aliphatic carbocycles. The Kier molecular flexibility index (Phi) is 6.18. The number of carbonyl (C=O) groups excluding carboxylic acids is 3. The maximum atomic E-state index is 12.8. The SMILES string of the molecule is COc1ccc(N2C(=O)NC(CC(=O)N3CCN(Cc4ccccc4)CC3)C2=O)cc1. The summed E-state index contributed by atoms with van der Waals surface area (Å²) >= 11 is 0. The molecule has 1 N–H and O–H groups in total. The van der Waals surface area contributed by atoms with E-state index in [9.17, 15) is 14.4 Å². The number of nitrogens with zero attached hydrogens (tertiary/aromatic N) is 3. The van der Waals surface area contributed by atoms with Crippen LogP contribution >= 0.6 is 0 Å². The molecule has 4 amide bonds. The summed E-state index contributed by atoms with van der Waals surface area (Å²) in [6.45, 7) is 3.65. The average molecular weight is 422 g/mol. The van der Waals surface area contributed by atoms with Crippen LogP contribution < -0.4 is 15.0 Å². The van der Waals surface area contributed by atoms with E-state index in [1.54, 1.807) is 36.3 Å². The summed E-state index contributed by atoms with van der Waals surface area (Å²) in [5.74, 6) is 0.106. The Morgan fingerprint density at radius 3 is 2.32 bits per heavy atom. The van der Waals surface area contributed by atoms with E-state index in [0.29, 0.717) is 24.5 Å². The zero-order chi connectivity index (χ0) is 21.8. The molecule has 1 atom stereocenters. The third-order valence-corrected chi connectivity index (χ3v) is 5.70. The van der Waals surface area contributed by atoms with Crippen LogP contribution in [0, 0.1) is 0 Å². The number of hydrogen-bond acceptors (Lipinski definition) is 5. The Labute approximate surface area is 181 Å². The maximum absolute atomic E-state index is 12.8. The number of carbonyl (C=O) groups is 3. The van der Waals surface area contributed by atoms with Gasteiger partial charge in [-0.05, 0) is 29.8 Å². The molecule has 0 saturated carbocycles. The number of piperazine rings is 1. The van der Waals surface area contributed by atoms with E-state index in [0.717, 1.165) is 24.5 Å². The highest BCUT2D eigenvalue weighted by Gasteiger charge is 2.40. The van der Waals surface area contributed by atoms with Gasteiger partial charge in [-0.15, -0.1) is 0 Å². The number of hydrogen-bond donors (Lipinski definition) is 1. The fraction of sp³-hybridized carbons (Fsp3) is 0.348. The molecule has 2 aromatic rings. The molecular formula is C23H26N4O4. The molecule has 0 radical (unpaired) electrons. The van der Waals surface area contributed by atoms with Crippen molar-refractivity contribution in [2.24, 2.45) is 0 Å². The standard InChI is InChI=1S/C23H26N4O4/c1-31-19-9-7-18(8-10-19)27-22(29)20(24-23(27)30)15-21(28)26-13-11-25(12-14-26)16-17-5-3-2-4-6-17/h2-10,20H,11-16H2,1H3,(H,24,30). The van der Waals surface area contributed by atoms with Crippen molar-refractivity contribution in [3.8, 4) is 5.75 Å². The molecule has 2 aromatic carbocycles. The third-order valence-electron chi connectivity index (χ3n) is 5.70. The number of ether oxygens (including phenoxy) is 1. The summed E-state index contributed by atoms with van der Waals surface area (Å²) in [5.41, 5.74) is 1.70. The van der Waals surface area contributed by atoms with Crippen LogP contribution in [-0.4, -0.2) is 67.0 Å². The van der Waals surface area contributed by atoms with Crippen LogP contribution in [-0.2, 0) is 16.1 Å². The molecule has 0 bridgehead atoms. The summed E-state index contributed by atoms with van der Waals surface area (Å²) in [7, 11) is 1.55. The lowest BCUT2D eigenvalue weighted by atomic mass is 10.1. The second-order valence-corrected chi connectivity index (χ2v) is 7.72. The summed E-state index contributed by atoms with van der Waals surface area (Å²) in [5, 5.41) is 2.64. The molecule has 0 spiro atoms. The predicted octanol–water partition coefficient (Wildman–Crippen LogP) is 1.85. The van der Waals surface area contributed by atoms with Gasteiger partial charge in [0.25, 0.3) is 5.91 Å². The van der Waals surface area contributed by atoms with E-state index in [1.165, 1.54) is 5.56 Å². The van der Waals surface area contributed by atoms with Gasteiger partial charge in [-0.2, -0.15) is 0 Å². The van der Waals surface area contributed by atoms with Crippen molar-refractivity contribution in [1.29, 1.82) is 0 Å². The Morgan fingerprint density at radius 1 is 1.00 bits per heavy atom. The number of imide groups is 1. The first-order valence-corrected chi connectivity index (χ1v) is 10.4. The molecule has 8 heteroatoms. The van der Waals surface area contributed by atoms with E-state index in [-0.39, 0.29) is 12.3 Å². The van der Waals surface area contributed by atoms with Crippen LogP contribution in [0.5, 0.6) is 5.75 Å². The normalized spacial score (nSPS) is 19.5. The van der Waals surface area contributed by atoms with Gasteiger partial charge in [-0.1, -0.05) is 30.3 Å². The molecule has 2 fully saturated rings. The first kappa shape index (κ1) is 20.9. The Hall–Kier alpha value is -3.39. The fourth-order valence-corrected chi connectivity index (χ4v) is 3.95. The largest absolute Gasteiger partial charge is 0.497 e. The monoisotopic (exact) mass is 422 g/mol. The van der Waals surface area contributed by atoms with Gasteiger partial charge in [-0.3, -0.25) is 14.5 Å². The minimum absolute atomic E-state index is 0.0318. The van der Waals surface area contributed by atoms with Crippen LogP contribution in [0.3, 0.4) is 0 Å². The van der Waals surface area contributed by atoms with Crippen LogP contribution in [0.15, 0.2) is 54.6 Å². The molecule has 8 nitrogen and oxygen atoms in total. The van der Waals surface area contributed by atoms with Gasteiger partial charge in [0.15, 0.2) is 0 Å². The first-order chi connectivity index (χ1) is 15.0. The molecular weight excluding hydrogens is 396 g/mol. The molecule has 4 rings (SSSR count). The van der Waals surface area contributed by atoms with Crippen LogP contribution in [0.25, 0.3) is 0 Å². The van der Waals surface area contributed by atoms with Crippen LogP contribution in [0.1, 0.15) is 12.0 Å². The molecule has 2 aliphatic heterocycles. The number of anilines is 1. The van der Waals surface area contributed by atoms with Crippen LogP contribution in [0.4, 0.5) is 10.5 Å². The highest BCUT2D eigenvalue weighted by Crippen LogP contribution is 2.24. The number of nitrogens with one attached hydrogen (secondary N) is 1. The van der Waals surface area contributed by atoms with Crippen LogP contribution in [0.2, 0.25) is 0 Å². The summed E-state index contributed by atoms with van der Waals surface area (Å²) in [4.78, 5) is 43.1. The van der Waals surface area contributed by atoms with Crippen molar-refractivity contribution in [2.45, 2.75) is 19.0 Å². The Morgan fingerprint density at radius 2 is 1.68 bits per heavy atom. The number of amides is 4. The molecule has 2 aliphatic rings. The smallest absolute Gasteiger partial charge is 0.329 e. The van der Waals surface area contributed by atoms with Crippen molar-refractivity contribution in [1.82, 2.24) is 15.1 Å². The van der Waals surface area contributed by atoms with Gasteiger partial charge in [0, 0.05) is 32.7 Å². The number of rotatable bonds is 6. The Balaban J connectivity index is 1.30. The van der Waals surface area contributed by atoms with Gasteiger partial charge in [0.2, 0.25) is 5.91 Å². The third kappa shape index (κ3) is 4.69. The predicted molar refractivity (Wildman–Crippen MR) is 116 cm³/mol. The van der Waals surface area contributed by atoms with Crippen molar-refractivity contribution in [3.63, 3.8) is 0 Å². The molecule has 0 aromatic heterocycles. The fourth-order valence-electron chi connectivity index (χ4n) is 3.95. The quantitative estimate of drug-likeness (QED) is 0.719. The number of benzene rings is 2. The van der Waals surface area contributed by atoms with Gasteiger partial charge < -0.3 is 15.0 Å².